The van der Waals surface area contributed by atoms with Crippen molar-refractivity contribution in [2.75, 3.05) is 37.8 Å². The molecule has 1 aliphatic carbocycles. The summed E-state index contributed by atoms with van der Waals surface area (Å²) in [7, 11) is -0.110. The minimum Gasteiger partial charge on any atom is -0.488 e. The van der Waals surface area contributed by atoms with Gasteiger partial charge in [0.15, 0.2) is 20.7 Å². The minimum atomic E-state index is -3.74. The van der Waals surface area contributed by atoms with Crippen molar-refractivity contribution in [2.45, 2.75) is 51.4 Å². The summed E-state index contributed by atoms with van der Waals surface area (Å²) < 4.78 is 31.6. The molecule has 2 heterocycles. The summed E-state index contributed by atoms with van der Waals surface area (Å²) in [5.41, 5.74) is 10.4. The van der Waals surface area contributed by atoms with Gasteiger partial charge in [0.25, 0.3) is 0 Å². The number of allylic oxidation sites excluding steroid dienone is 1. The summed E-state index contributed by atoms with van der Waals surface area (Å²) in [6, 6.07) is 4.14. The maximum absolute atomic E-state index is 12.7. The lowest BCUT2D eigenvalue weighted by molar-refractivity contribution is 0.304. The number of nitrogens with one attached hydrogen (secondary N) is 2. The van der Waals surface area contributed by atoms with Gasteiger partial charge in [0.05, 0.1) is 28.9 Å². The van der Waals surface area contributed by atoms with Crippen molar-refractivity contribution in [1.82, 2.24) is 14.9 Å². The van der Waals surface area contributed by atoms with E-state index in [9.17, 15) is 8.42 Å². The molecule has 4 N–H and O–H groups in total. The maximum atomic E-state index is 12.7. The van der Waals surface area contributed by atoms with Crippen LogP contribution in [0, 0.1) is 6.92 Å². The third-order valence-electron chi connectivity index (χ3n) is 6.60. The van der Waals surface area contributed by atoms with Gasteiger partial charge in [-0.25, -0.2) is 13.4 Å². The molecule has 0 atom stereocenters. The molecule has 12 heteroatoms. The molecule has 1 fully saturated rings. The second-order valence-electron chi connectivity index (χ2n) is 10.1. The summed E-state index contributed by atoms with van der Waals surface area (Å²) >= 11 is 6.37. The predicted octanol–water partition coefficient (Wildman–Crippen LogP) is 4.51. The molecular weight excluding hydrogens is 538 g/mol. The number of rotatable bonds is 10. The largest absolute Gasteiger partial charge is 0.488 e. The van der Waals surface area contributed by atoms with Gasteiger partial charge in [-0.15, -0.1) is 0 Å². The Labute approximate surface area is 235 Å². The maximum Gasteiger partial charge on any atom is 0.229 e. The molecule has 2 aromatic rings. The molecule has 39 heavy (non-hydrogen) atoms. The number of likely N-dealkylation sites (N-methyl/N-ethyl adjacent to an activating group) is 1. The van der Waals surface area contributed by atoms with Gasteiger partial charge in [-0.2, -0.15) is 4.98 Å². The average Bonchev–Trinajstić information content (AvgIpc) is 3.71. The number of nitrogens with zero attached hydrogens (tertiary/aromatic N) is 4. The summed E-state index contributed by atoms with van der Waals surface area (Å²) in [6.45, 7) is 7.13. The van der Waals surface area contributed by atoms with Crippen molar-refractivity contribution >= 4 is 50.7 Å². The predicted molar refractivity (Wildman–Crippen MR) is 159 cm³/mol. The van der Waals surface area contributed by atoms with Gasteiger partial charge in [0.1, 0.15) is 10.8 Å². The Bertz CT molecular complexity index is 1430. The fraction of sp³-hybridized carbons (Fsp3) is 0.444. The van der Waals surface area contributed by atoms with Crippen LogP contribution in [0.5, 0.6) is 5.75 Å². The summed E-state index contributed by atoms with van der Waals surface area (Å²) in [6.07, 6.45) is 8.25. The van der Waals surface area contributed by atoms with Crippen molar-refractivity contribution in [1.29, 1.82) is 0 Å². The zero-order chi connectivity index (χ0) is 28.3. The lowest BCUT2D eigenvalue weighted by Gasteiger charge is -2.24. The molecule has 0 spiro atoms. The van der Waals surface area contributed by atoms with Gasteiger partial charge in [0, 0.05) is 26.4 Å². The number of aromatic nitrogens is 2. The van der Waals surface area contributed by atoms with E-state index in [2.05, 4.69) is 56.6 Å². The number of sulfone groups is 1. The highest BCUT2D eigenvalue weighted by atomic mass is 35.5. The highest BCUT2D eigenvalue weighted by Crippen LogP contribution is 2.38. The molecule has 210 valence electrons. The van der Waals surface area contributed by atoms with E-state index in [1.165, 1.54) is 30.6 Å². The summed E-state index contributed by atoms with van der Waals surface area (Å²) in [5, 5.41) is 5.31. The Morgan fingerprint density at radius 2 is 2.08 bits per heavy atom. The number of aliphatic imine (C=N–C) groups is 1. The molecule has 10 nitrogen and oxygen atoms in total. The number of benzene rings is 1. The van der Waals surface area contributed by atoms with Gasteiger partial charge in [-0.05, 0) is 75.9 Å². The highest BCUT2D eigenvalue weighted by Gasteiger charge is 2.26. The van der Waals surface area contributed by atoms with Crippen LogP contribution in [-0.4, -0.2) is 68.0 Å². The van der Waals surface area contributed by atoms with E-state index in [0.717, 1.165) is 49.4 Å². The third kappa shape index (κ3) is 6.90. The van der Waals surface area contributed by atoms with E-state index >= 15 is 0 Å². The van der Waals surface area contributed by atoms with E-state index in [0.29, 0.717) is 0 Å². The normalized spacial score (nSPS) is 17.3. The first-order valence-corrected chi connectivity index (χ1v) is 14.8. The molecule has 1 saturated carbocycles. The highest BCUT2D eigenvalue weighted by molar-refractivity contribution is 7.95. The first kappa shape index (κ1) is 28.8. The molecule has 4 rings (SSSR count). The van der Waals surface area contributed by atoms with E-state index < -0.39 is 15.1 Å². The molecule has 0 amide bonds. The lowest BCUT2D eigenvalue weighted by Crippen LogP contribution is -2.25. The molecule has 0 saturated heterocycles. The SMILES string of the molecule is CN=CC(Nc1nc(Nc2cc(C)c(C3=CCN(C)CC3)cc2OC2CC2)ncc1Cl)=C(N)S(=O)(=O)C(C)C. The van der Waals surface area contributed by atoms with E-state index in [4.69, 9.17) is 22.1 Å². The summed E-state index contributed by atoms with van der Waals surface area (Å²) in [4.78, 5) is 15.1. The monoisotopic (exact) mass is 573 g/mol. The summed E-state index contributed by atoms with van der Waals surface area (Å²) in [5.74, 6) is 1.17. The van der Waals surface area contributed by atoms with Gasteiger partial charge >= 0.3 is 0 Å². The first-order chi connectivity index (χ1) is 18.5. The minimum absolute atomic E-state index is 0.0714. The number of halogens is 1. The Morgan fingerprint density at radius 3 is 2.69 bits per heavy atom. The number of nitrogens with two attached hydrogens (primary N) is 1. The zero-order valence-electron chi connectivity index (χ0n) is 23.0. The van der Waals surface area contributed by atoms with Crippen molar-refractivity contribution < 1.29 is 13.2 Å². The molecule has 1 aromatic carbocycles. The van der Waals surface area contributed by atoms with Gasteiger partial charge < -0.3 is 26.0 Å². The van der Waals surface area contributed by atoms with E-state index in [-0.39, 0.29) is 33.6 Å². The number of aryl methyl sites for hydroxylation is 1. The van der Waals surface area contributed by atoms with Crippen LogP contribution < -0.4 is 21.1 Å². The van der Waals surface area contributed by atoms with E-state index in [1.54, 1.807) is 13.8 Å². The van der Waals surface area contributed by atoms with Gasteiger partial charge in [0.2, 0.25) is 5.95 Å². The third-order valence-corrected chi connectivity index (χ3v) is 8.95. The van der Waals surface area contributed by atoms with Crippen molar-refractivity contribution in [3.05, 3.63) is 51.3 Å². The lowest BCUT2D eigenvalue weighted by atomic mass is 9.95. The van der Waals surface area contributed by atoms with Crippen LogP contribution in [0.25, 0.3) is 5.57 Å². The quantitative estimate of drug-likeness (QED) is 0.351. The smallest absolute Gasteiger partial charge is 0.229 e. The van der Waals surface area contributed by atoms with Crippen LogP contribution in [-0.2, 0) is 9.84 Å². The molecule has 1 aliphatic heterocycles. The Balaban J connectivity index is 1.67. The van der Waals surface area contributed by atoms with Crippen LogP contribution in [0.15, 0.2) is 40.1 Å². The fourth-order valence-corrected chi connectivity index (χ4v) is 5.12. The Morgan fingerprint density at radius 1 is 1.33 bits per heavy atom. The van der Waals surface area contributed by atoms with Crippen LogP contribution in [0.3, 0.4) is 0 Å². The van der Waals surface area contributed by atoms with Gasteiger partial charge in [-0.3, -0.25) is 4.99 Å². The molecular formula is C27H36ClN7O3S. The number of ether oxygens (including phenoxy) is 1. The van der Waals surface area contributed by atoms with Crippen LogP contribution >= 0.6 is 11.6 Å². The Kier molecular flexibility index (Phi) is 8.83. The Hall–Kier alpha value is -3.15. The van der Waals surface area contributed by atoms with Gasteiger partial charge in [-0.1, -0.05) is 17.7 Å². The van der Waals surface area contributed by atoms with Crippen molar-refractivity contribution in [2.24, 2.45) is 10.7 Å². The molecule has 0 unspecified atom stereocenters. The average molecular weight is 574 g/mol. The molecule has 2 aliphatic rings. The van der Waals surface area contributed by atoms with Crippen LogP contribution in [0.2, 0.25) is 5.02 Å². The second kappa shape index (κ2) is 11.9. The van der Waals surface area contributed by atoms with Crippen molar-refractivity contribution in [3.63, 3.8) is 0 Å². The van der Waals surface area contributed by atoms with Crippen LogP contribution in [0.1, 0.15) is 44.2 Å². The molecule has 0 radical (unpaired) electrons. The number of hydrogen-bond donors (Lipinski definition) is 3. The number of hydrogen-bond acceptors (Lipinski definition) is 10. The topological polar surface area (TPSA) is 135 Å². The second-order valence-corrected chi connectivity index (χ2v) is 13.0. The first-order valence-electron chi connectivity index (χ1n) is 12.9. The number of anilines is 3. The van der Waals surface area contributed by atoms with E-state index in [1.807, 2.05) is 6.07 Å². The standard InChI is InChI=1S/C27H36ClN7O3S/c1-16(2)39(36,37)25(29)23(15-30-4)32-26-21(28)14-31-27(34-26)33-22-12-17(3)20(13-24(22)38-19-6-7-19)18-8-10-35(5)11-9-18/h8,12-16,19H,6-7,9-11,29H2,1-5H3,(H2,31,32,33,34). The zero-order valence-corrected chi connectivity index (χ0v) is 24.5. The van der Waals surface area contributed by atoms with Crippen LogP contribution in [0.4, 0.5) is 17.5 Å². The fourth-order valence-electron chi connectivity index (χ4n) is 4.07. The van der Waals surface area contributed by atoms with Crippen molar-refractivity contribution in [3.8, 4) is 5.75 Å². The molecule has 1 aromatic heterocycles. The molecule has 0 bridgehead atoms.